The molecule has 0 amide bonds. The van der Waals surface area contributed by atoms with E-state index in [1.807, 2.05) is 0 Å². The molecular formula is C12H26N2S. The van der Waals surface area contributed by atoms with Crippen molar-refractivity contribution in [2.45, 2.75) is 52.5 Å². The van der Waals surface area contributed by atoms with Crippen LogP contribution in [0.3, 0.4) is 0 Å². The van der Waals surface area contributed by atoms with Crippen LogP contribution in [-0.4, -0.2) is 29.5 Å². The molecule has 0 radical (unpaired) electrons. The van der Waals surface area contributed by atoms with Gasteiger partial charge in [-0.25, -0.2) is 0 Å². The molecule has 0 aliphatic heterocycles. The van der Waals surface area contributed by atoms with Crippen LogP contribution in [0.2, 0.25) is 0 Å². The van der Waals surface area contributed by atoms with Gasteiger partial charge in [0.15, 0.2) is 0 Å². The van der Waals surface area contributed by atoms with E-state index >= 15 is 0 Å². The predicted octanol–water partition coefficient (Wildman–Crippen LogP) is 2.81. The van der Waals surface area contributed by atoms with Gasteiger partial charge in [-0.1, -0.05) is 45.3 Å². The lowest BCUT2D eigenvalue weighted by atomic mass is 9.98. The lowest BCUT2D eigenvalue weighted by molar-refractivity contribution is 0.244. The summed E-state index contributed by atoms with van der Waals surface area (Å²) in [6.45, 7) is 7.69. The van der Waals surface area contributed by atoms with Crippen molar-refractivity contribution >= 4 is 17.2 Å². The lowest BCUT2D eigenvalue weighted by Gasteiger charge is -2.27. The maximum atomic E-state index is 5.64. The number of hydrogen-bond acceptors (Lipinski definition) is 2. The molecule has 0 aromatic rings. The van der Waals surface area contributed by atoms with Gasteiger partial charge in [0, 0.05) is 6.54 Å². The van der Waals surface area contributed by atoms with Crippen molar-refractivity contribution in [3.63, 3.8) is 0 Å². The van der Waals surface area contributed by atoms with Gasteiger partial charge in [-0.2, -0.15) is 0 Å². The molecule has 15 heavy (non-hydrogen) atoms. The zero-order chi connectivity index (χ0) is 11.8. The first-order chi connectivity index (χ1) is 7.02. The normalized spacial score (nSPS) is 15.3. The van der Waals surface area contributed by atoms with E-state index in [4.69, 9.17) is 18.0 Å². The summed E-state index contributed by atoms with van der Waals surface area (Å²) in [7, 11) is 2.11. The van der Waals surface area contributed by atoms with Gasteiger partial charge in [0.1, 0.15) is 0 Å². The molecule has 0 aromatic carbocycles. The Bertz CT molecular complexity index is 182. The first-order valence-electron chi connectivity index (χ1n) is 6.02. The molecule has 0 spiro atoms. The second-order valence-electron chi connectivity index (χ2n) is 4.43. The van der Waals surface area contributed by atoms with Crippen LogP contribution in [0, 0.1) is 5.92 Å². The molecule has 0 saturated carbocycles. The van der Waals surface area contributed by atoms with Gasteiger partial charge in [-0.05, 0) is 26.3 Å². The van der Waals surface area contributed by atoms with Crippen LogP contribution in [0.5, 0.6) is 0 Å². The van der Waals surface area contributed by atoms with E-state index in [0.717, 1.165) is 12.5 Å². The average Bonchev–Trinajstić information content (AvgIpc) is 2.22. The van der Waals surface area contributed by atoms with Crippen LogP contribution in [-0.2, 0) is 0 Å². The average molecular weight is 230 g/mol. The highest BCUT2D eigenvalue weighted by molar-refractivity contribution is 7.80. The predicted molar refractivity (Wildman–Crippen MR) is 72.2 cm³/mol. The second kappa shape index (κ2) is 8.05. The summed E-state index contributed by atoms with van der Waals surface area (Å²) in [5, 5.41) is 0. The van der Waals surface area contributed by atoms with Gasteiger partial charge in [-0.3, -0.25) is 4.90 Å². The highest BCUT2D eigenvalue weighted by Crippen LogP contribution is 2.14. The molecule has 2 unspecified atom stereocenters. The third kappa shape index (κ3) is 6.10. The zero-order valence-corrected chi connectivity index (χ0v) is 11.4. The fourth-order valence-corrected chi connectivity index (χ4v) is 1.88. The zero-order valence-electron chi connectivity index (χ0n) is 10.6. The van der Waals surface area contributed by atoms with E-state index in [2.05, 4.69) is 32.7 Å². The lowest BCUT2D eigenvalue weighted by Crippen LogP contribution is -2.41. The Kier molecular flexibility index (Phi) is 7.97. The van der Waals surface area contributed by atoms with Crippen molar-refractivity contribution in [2.24, 2.45) is 11.7 Å². The highest BCUT2D eigenvalue weighted by Gasteiger charge is 2.15. The topological polar surface area (TPSA) is 29.3 Å². The van der Waals surface area contributed by atoms with E-state index in [-0.39, 0.29) is 6.04 Å². The Morgan fingerprint density at radius 2 is 2.00 bits per heavy atom. The van der Waals surface area contributed by atoms with E-state index < -0.39 is 0 Å². The standard InChI is InChI=1S/C12H26N2S/c1-5-7-8-11(6-2)9-14(4)10(3)12(13)15/h10-11H,5-9H2,1-4H3,(H2,13,15). The van der Waals surface area contributed by atoms with E-state index in [9.17, 15) is 0 Å². The summed E-state index contributed by atoms with van der Waals surface area (Å²) >= 11 is 5.01. The minimum atomic E-state index is 0.218. The van der Waals surface area contributed by atoms with Crippen molar-refractivity contribution in [1.29, 1.82) is 0 Å². The summed E-state index contributed by atoms with van der Waals surface area (Å²) in [6.07, 6.45) is 5.18. The van der Waals surface area contributed by atoms with Crippen LogP contribution in [0.25, 0.3) is 0 Å². The number of likely N-dealkylation sites (N-methyl/N-ethyl adjacent to an activating group) is 1. The summed E-state index contributed by atoms with van der Waals surface area (Å²) in [4.78, 5) is 2.87. The molecule has 0 saturated heterocycles. The van der Waals surface area contributed by atoms with Crippen LogP contribution in [0.15, 0.2) is 0 Å². The van der Waals surface area contributed by atoms with Gasteiger partial charge < -0.3 is 5.73 Å². The Labute approximate surface area is 100 Å². The number of thiocarbonyl (C=S) groups is 1. The fraction of sp³-hybridized carbons (Fsp3) is 0.917. The Hall–Kier alpha value is -0.150. The second-order valence-corrected chi connectivity index (χ2v) is 4.91. The monoisotopic (exact) mass is 230 g/mol. The molecule has 0 heterocycles. The van der Waals surface area contributed by atoms with Crippen molar-refractivity contribution < 1.29 is 0 Å². The van der Waals surface area contributed by atoms with Crippen molar-refractivity contribution in [2.75, 3.05) is 13.6 Å². The minimum absolute atomic E-state index is 0.218. The molecule has 0 aliphatic rings. The first kappa shape index (κ1) is 14.8. The van der Waals surface area contributed by atoms with Gasteiger partial charge in [0.2, 0.25) is 0 Å². The fourth-order valence-electron chi connectivity index (χ4n) is 1.70. The molecule has 2 nitrogen and oxygen atoms in total. The maximum Gasteiger partial charge on any atom is 0.0899 e. The first-order valence-corrected chi connectivity index (χ1v) is 6.43. The molecule has 0 rings (SSSR count). The maximum absolute atomic E-state index is 5.64. The van der Waals surface area contributed by atoms with Crippen molar-refractivity contribution in [3.8, 4) is 0 Å². The van der Waals surface area contributed by atoms with Gasteiger partial charge in [0.25, 0.3) is 0 Å². The number of rotatable bonds is 8. The summed E-state index contributed by atoms with van der Waals surface area (Å²) in [5.41, 5.74) is 5.64. The molecule has 2 N–H and O–H groups in total. The highest BCUT2D eigenvalue weighted by atomic mass is 32.1. The number of unbranched alkanes of at least 4 members (excludes halogenated alkanes) is 1. The van der Waals surface area contributed by atoms with Crippen LogP contribution in [0.1, 0.15) is 46.5 Å². The van der Waals surface area contributed by atoms with Gasteiger partial charge in [0.05, 0.1) is 11.0 Å². The Balaban J connectivity index is 3.99. The van der Waals surface area contributed by atoms with Crippen molar-refractivity contribution in [3.05, 3.63) is 0 Å². The number of nitrogens with zero attached hydrogens (tertiary/aromatic N) is 1. The third-order valence-corrected chi connectivity index (χ3v) is 3.50. The summed E-state index contributed by atoms with van der Waals surface area (Å²) < 4.78 is 0. The molecule has 0 fully saturated rings. The molecule has 0 aromatic heterocycles. The molecule has 2 atom stereocenters. The van der Waals surface area contributed by atoms with E-state index in [1.165, 1.54) is 25.7 Å². The molecule has 0 bridgehead atoms. The van der Waals surface area contributed by atoms with Crippen LogP contribution >= 0.6 is 12.2 Å². The molecule has 0 aliphatic carbocycles. The minimum Gasteiger partial charge on any atom is -0.392 e. The third-order valence-electron chi connectivity index (χ3n) is 3.16. The van der Waals surface area contributed by atoms with Crippen LogP contribution < -0.4 is 5.73 Å². The van der Waals surface area contributed by atoms with Crippen molar-refractivity contribution in [1.82, 2.24) is 4.90 Å². The Morgan fingerprint density at radius 3 is 2.40 bits per heavy atom. The van der Waals surface area contributed by atoms with Crippen LogP contribution in [0.4, 0.5) is 0 Å². The number of hydrogen-bond donors (Lipinski definition) is 1. The Morgan fingerprint density at radius 1 is 1.40 bits per heavy atom. The van der Waals surface area contributed by atoms with E-state index in [1.54, 1.807) is 0 Å². The van der Waals surface area contributed by atoms with Gasteiger partial charge in [-0.15, -0.1) is 0 Å². The largest absolute Gasteiger partial charge is 0.392 e. The molecule has 90 valence electrons. The molecule has 3 heteroatoms. The summed E-state index contributed by atoms with van der Waals surface area (Å²) in [5.74, 6) is 0.784. The number of nitrogens with two attached hydrogens (primary N) is 1. The van der Waals surface area contributed by atoms with Gasteiger partial charge >= 0.3 is 0 Å². The smallest absolute Gasteiger partial charge is 0.0899 e. The summed E-state index contributed by atoms with van der Waals surface area (Å²) in [6, 6.07) is 0.218. The SMILES string of the molecule is CCCCC(CC)CN(C)C(C)C(N)=S. The van der Waals surface area contributed by atoms with E-state index in [0.29, 0.717) is 4.99 Å². The molecular weight excluding hydrogens is 204 g/mol. The quantitative estimate of drug-likeness (QED) is 0.650.